The van der Waals surface area contributed by atoms with Gasteiger partial charge in [0.2, 0.25) is 0 Å². The van der Waals surface area contributed by atoms with Gasteiger partial charge in [0.05, 0.1) is 11.9 Å². The number of carbonyl (C=O) groups excluding carboxylic acids is 1. The van der Waals surface area contributed by atoms with Crippen molar-refractivity contribution in [2.45, 2.75) is 64.8 Å². The van der Waals surface area contributed by atoms with Gasteiger partial charge in [-0.25, -0.2) is 0 Å². The van der Waals surface area contributed by atoms with Crippen LogP contribution in [0.3, 0.4) is 0 Å². The molecular formula is C18H30O6S. The zero-order chi connectivity index (χ0) is 19.6. The van der Waals surface area contributed by atoms with Crippen LogP contribution in [0.5, 0.6) is 0 Å². The number of esters is 1. The van der Waals surface area contributed by atoms with E-state index >= 15 is 0 Å². The highest BCUT2D eigenvalue weighted by Crippen LogP contribution is 2.48. The lowest BCUT2D eigenvalue weighted by Gasteiger charge is -2.48. The highest BCUT2D eigenvalue weighted by molar-refractivity contribution is 7.86. The van der Waals surface area contributed by atoms with Crippen molar-refractivity contribution in [2.75, 3.05) is 6.26 Å². The average molecular weight is 374 g/mol. The second kappa shape index (κ2) is 7.60. The Bertz CT molecular complexity index is 632. The molecule has 6 nitrogen and oxygen atoms in total. The second-order valence-electron chi connectivity index (χ2n) is 7.67. The summed E-state index contributed by atoms with van der Waals surface area (Å²) in [7, 11) is -3.68. The topological polar surface area (TPSA) is 89.9 Å². The van der Waals surface area contributed by atoms with Crippen molar-refractivity contribution in [1.82, 2.24) is 0 Å². The zero-order valence-corrected chi connectivity index (χ0v) is 16.6. The third kappa shape index (κ3) is 5.94. The van der Waals surface area contributed by atoms with E-state index in [1.807, 2.05) is 13.8 Å². The molecule has 25 heavy (non-hydrogen) atoms. The molecule has 0 amide bonds. The molecule has 1 N–H and O–H groups in total. The molecule has 1 aliphatic carbocycles. The minimum absolute atomic E-state index is 0.191. The first-order valence-electron chi connectivity index (χ1n) is 8.29. The highest BCUT2D eigenvalue weighted by Gasteiger charge is 2.49. The summed E-state index contributed by atoms with van der Waals surface area (Å²) in [4.78, 5) is 11.5. The standard InChI is InChI=1S/C18H30O6S/c1-8-18(6,20)10-9-14-12(2)15(24-25(7,21)22)11-16(17(14,4)5)23-13(3)19/h8,14-16,20H,1-2,9-11H2,3-7H3/t14-,15+,16+,18+/m1/s1. The minimum atomic E-state index is -3.68. The van der Waals surface area contributed by atoms with Crippen LogP contribution in [0.15, 0.2) is 24.8 Å². The molecule has 0 bridgehead atoms. The van der Waals surface area contributed by atoms with E-state index in [1.54, 1.807) is 6.92 Å². The van der Waals surface area contributed by atoms with Crippen molar-refractivity contribution in [1.29, 1.82) is 0 Å². The zero-order valence-electron chi connectivity index (χ0n) is 15.7. The minimum Gasteiger partial charge on any atom is -0.462 e. The van der Waals surface area contributed by atoms with Crippen molar-refractivity contribution in [3.63, 3.8) is 0 Å². The van der Waals surface area contributed by atoms with Crippen LogP contribution in [0, 0.1) is 11.3 Å². The number of ether oxygens (including phenoxy) is 1. The van der Waals surface area contributed by atoms with E-state index in [-0.39, 0.29) is 12.3 Å². The fraction of sp³-hybridized carbons (Fsp3) is 0.722. The summed E-state index contributed by atoms with van der Waals surface area (Å²) in [5.74, 6) is -0.621. The van der Waals surface area contributed by atoms with E-state index in [9.17, 15) is 18.3 Å². The van der Waals surface area contributed by atoms with Gasteiger partial charge < -0.3 is 9.84 Å². The first kappa shape index (κ1) is 21.9. The van der Waals surface area contributed by atoms with Gasteiger partial charge in [-0.2, -0.15) is 8.42 Å². The Morgan fingerprint density at radius 3 is 2.48 bits per heavy atom. The lowest BCUT2D eigenvalue weighted by Crippen LogP contribution is -2.49. The number of rotatable bonds is 7. The average Bonchev–Trinajstić information content (AvgIpc) is 2.42. The summed E-state index contributed by atoms with van der Waals surface area (Å²) in [6.07, 6.45) is 2.37. The molecule has 0 aromatic carbocycles. The van der Waals surface area contributed by atoms with E-state index in [2.05, 4.69) is 13.2 Å². The first-order chi connectivity index (χ1) is 11.2. The van der Waals surface area contributed by atoms with Crippen LogP contribution in [0.1, 0.15) is 47.0 Å². The highest BCUT2D eigenvalue weighted by atomic mass is 32.2. The third-order valence-electron chi connectivity index (χ3n) is 5.00. The van der Waals surface area contributed by atoms with Gasteiger partial charge >= 0.3 is 5.97 Å². The quantitative estimate of drug-likeness (QED) is 0.418. The summed E-state index contributed by atoms with van der Waals surface area (Å²) in [5, 5.41) is 10.2. The Hall–Kier alpha value is -1.18. The number of carbonyl (C=O) groups is 1. The molecule has 1 aliphatic rings. The molecule has 144 valence electrons. The summed E-state index contributed by atoms with van der Waals surface area (Å²) in [5.41, 5.74) is -0.881. The Morgan fingerprint density at radius 2 is 2.04 bits per heavy atom. The molecule has 0 aromatic rings. The Labute approximate surface area is 151 Å². The summed E-state index contributed by atoms with van der Waals surface area (Å²) in [6.45, 7) is 14.6. The number of aliphatic hydroxyl groups is 1. The molecule has 4 atom stereocenters. The van der Waals surface area contributed by atoms with E-state index in [1.165, 1.54) is 13.0 Å². The van der Waals surface area contributed by atoms with Gasteiger partial charge in [0.25, 0.3) is 10.1 Å². The number of hydrogen-bond donors (Lipinski definition) is 1. The van der Waals surface area contributed by atoms with E-state index < -0.39 is 39.3 Å². The number of hydrogen-bond acceptors (Lipinski definition) is 6. The van der Waals surface area contributed by atoms with Crippen LogP contribution in [0.2, 0.25) is 0 Å². The van der Waals surface area contributed by atoms with Crippen LogP contribution >= 0.6 is 0 Å². The molecule has 0 heterocycles. The predicted octanol–water partition coefficient (Wildman–Crippen LogP) is 2.58. The van der Waals surface area contributed by atoms with Crippen LogP contribution in [0.4, 0.5) is 0 Å². The van der Waals surface area contributed by atoms with Gasteiger partial charge in [0, 0.05) is 18.8 Å². The lowest BCUT2D eigenvalue weighted by molar-refractivity contribution is -0.159. The smallest absolute Gasteiger partial charge is 0.302 e. The molecule has 0 radical (unpaired) electrons. The largest absolute Gasteiger partial charge is 0.462 e. The monoisotopic (exact) mass is 374 g/mol. The van der Waals surface area contributed by atoms with Gasteiger partial charge in [0.15, 0.2) is 0 Å². The molecule has 1 fully saturated rings. The summed E-state index contributed by atoms with van der Waals surface area (Å²) in [6, 6.07) is 0. The van der Waals surface area contributed by atoms with E-state index in [4.69, 9.17) is 8.92 Å². The first-order valence-corrected chi connectivity index (χ1v) is 10.1. The molecule has 1 rings (SSSR count). The lowest BCUT2D eigenvalue weighted by atomic mass is 9.62. The van der Waals surface area contributed by atoms with Crippen molar-refractivity contribution < 1.29 is 27.2 Å². The van der Waals surface area contributed by atoms with Crippen molar-refractivity contribution in [2.24, 2.45) is 11.3 Å². The molecule has 0 aliphatic heterocycles. The third-order valence-corrected chi connectivity index (χ3v) is 5.58. The molecule has 7 heteroatoms. The maximum Gasteiger partial charge on any atom is 0.302 e. The molecular weight excluding hydrogens is 344 g/mol. The molecule has 1 saturated carbocycles. The Morgan fingerprint density at radius 1 is 1.48 bits per heavy atom. The Balaban J connectivity index is 3.15. The fourth-order valence-corrected chi connectivity index (χ4v) is 4.01. The Kier molecular flexibility index (Phi) is 6.64. The van der Waals surface area contributed by atoms with Crippen LogP contribution in [-0.2, 0) is 23.8 Å². The van der Waals surface area contributed by atoms with Crippen LogP contribution in [-0.4, -0.2) is 43.6 Å². The molecule has 0 spiro atoms. The summed E-state index contributed by atoms with van der Waals surface area (Å²) < 4.78 is 33.8. The molecule has 0 unspecified atom stereocenters. The molecule has 0 saturated heterocycles. The van der Waals surface area contributed by atoms with Gasteiger partial charge in [0.1, 0.15) is 12.2 Å². The van der Waals surface area contributed by atoms with Gasteiger partial charge in [-0.1, -0.05) is 26.5 Å². The fourth-order valence-electron chi connectivity index (χ4n) is 3.38. The SMILES string of the molecule is C=C[C@](C)(O)CC[C@@H]1C(=C)[C@@H](OS(C)(=O)=O)C[C@H](OC(C)=O)C1(C)C. The van der Waals surface area contributed by atoms with Crippen molar-refractivity contribution >= 4 is 16.1 Å². The normalized spacial score (nSPS) is 28.9. The van der Waals surface area contributed by atoms with E-state index in [0.717, 1.165) is 6.26 Å². The second-order valence-corrected chi connectivity index (χ2v) is 9.27. The van der Waals surface area contributed by atoms with Gasteiger partial charge in [-0.3, -0.25) is 8.98 Å². The van der Waals surface area contributed by atoms with Crippen molar-refractivity contribution in [3.05, 3.63) is 24.8 Å². The van der Waals surface area contributed by atoms with Crippen LogP contribution < -0.4 is 0 Å². The maximum atomic E-state index is 11.6. The predicted molar refractivity (Wildman–Crippen MR) is 96.4 cm³/mol. The summed E-state index contributed by atoms with van der Waals surface area (Å²) >= 11 is 0. The van der Waals surface area contributed by atoms with Gasteiger partial charge in [-0.05, 0) is 31.3 Å². The van der Waals surface area contributed by atoms with Gasteiger partial charge in [-0.15, -0.1) is 6.58 Å². The van der Waals surface area contributed by atoms with E-state index in [0.29, 0.717) is 18.4 Å². The maximum absolute atomic E-state index is 11.6. The molecule has 0 aromatic heterocycles. The van der Waals surface area contributed by atoms with Crippen molar-refractivity contribution in [3.8, 4) is 0 Å². The van der Waals surface area contributed by atoms with Crippen LogP contribution in [0.25, 0.3) is 0 Å².